The standard InChI is InChI=1S/C11H23N3O2/c1-11(2,10(12)13-15)4-6-14-5-3-8-16-9-7-14/h15H,3-9H2,1-2H3,(H2,12,13). The second kappa shape index (κ2) is 6.06. The van der Waals surface area contributed by atoms with Gasteiger partial charge < -0.3 is 20.6 Å². The molecule has 0 spiro atoms. The third kappa shape index (κ3) is 3.98. The molecule has 94 valence electrons. The zero-order valence-electron chi connectivity index (χ0n) is 10.3. The summed E-state index contributed by atoms with van der Waals surface area (Å²) in [5.74, 6) is 0.304. The van der Waals surface area contributed by atoms with E-state index < -0.39 is 0 Å². The molecule has 0 aromatic carbocycles. The first kappa shape index (κ1) is 13.3. The summed E-state index contributed by atoms with van der Waals surface area (Å²) in [7, 11) is 0. The van der Waals surface area contributed by atoms with Crippen molar-refractivity contribution in [2.24, 2.45) is 16.3 Å². The molecule has 0 aromatic heterocycles. The monoisotopic (exact) mass is 229 g/mol. The highest BCUT2D eigenvalue weighted by Gasteiger charge is 2.24. The molecule has 1 fully saturated rings. The molecule has 0 amide bonds. The van der Waals surface area contributed by atoms with Gasteiger partial charge in [-0.3, -0.25) is 0 Å². The zero-order valence-corrected chi connectivity index (χ0v) is 10.3. The first-order valence-electron chi connectivity index (χ1n) is 5.84. The van der Waals surface area contributed by atoms with E-state index in [1.807, 2.05) is 13.8 Å². The molecular weight excluding hydrogens is 206 g/mol. The van der Waals surface area contributed by atoms with Crippen molar-refractivity contribution in [3.8, 4) is 0 Å². The van der Waals surface area contributed by atoms with Gasteiger partial charge in [0.1, 0.15) is 5.84 Å². The van der Waals surface area contributed by atoms with Crippen molar-refractivity contribution in [1.82, 2.24) is 4.90 Å². The summed E-state index contributed by atoms with van der Waals surface area (Å²) in [6.07, 6.45) is 1.98. The number of hydrogen-bond donors (Lipinski definition) is 2. The van der Waals surface area contributed by atoms with Crippen molar-refractivity contribution in [1.29, 1.82) is 0 Å². The molecule has 3 N–H and O–H groups in total. The summed E-state index contributed by atoms with van der Waals surface area (Å²) >= 11 is 0. The highest BCUT2D eigenvalue weighted by molar-refractivity contribution is 5.85. The maximum atomic E-state index is 8.68. The molecule has 1 heterocycles. The first-order valence-corrected chi connectivity index (χ1v) is 5.84. The van der Waals surface area contributed by atoms with Crippen LogP contribution in [0.25, 0.3) is 0 Å². The van der Waals surface area contributed by atoms with Crippen LogP contribution in [0.3, 0.4) is 0 Å². The lowest BCUT2D eigenvalue weighted by Crippen LogP contribution is -2.37. The van der Waals surface area contributed by atoms with Gasteiger partial charge in [-0.15, -0.1) is 0 Å². The van der Waals surface area contributed by atoms with E-state index in [-0.39, 0.29) is 5.41 Å². The van der Waals surface area contributed by atoms with E-state index in [9.17, 15) is 0 Å². The normalized spacial score (nSPS) is 20.8. The molecule has 1 rings (SSSR count). The van der Waals surface area contributed by atoms with Crippen molar-refractivity contribution in [2.75, 3.05) is 32.8 Å². The SMILES string of the molecule is CC(C)(CCN1CCCOCC1)C(N)=NO. The van der Waals surface area contributed by atoms with E-state index in [0.717, 1.165) is 45.7 Å². The second-order valence-electron chi connectivity index (χ2n) is 4.93. The van der Waals surface area contributed by atoms with Gasteiger partial charge in [0.05, 0.1) is 6.61 Å². The Morgan fingerprint density at radius 1 is 1.44 bits per heavy atom. The fourth-order valence-electron chi connectivity index (χ4n) is 1.72. The van der Waals surface area contributed by atoms with Crippen molar-refractivity contribution >= 4 is 5.84 Å². The predicted molar refractivity (Wildman–Crippen MR) is 63.7 cm³/mol. The number of hydrogen-bond acceptors (Lipinski definition) is 4. The Labute approximate surface area is 97.2 Å². The minimum Gasteiger partial charge on any atom is -0.409 e. The van der Waals surface area contributed by atoms with Crippen LogP contribution in [0.5, 0.6) is 0 Å². The fourth-order valence-corrected chi connectivity index (χ4v) is 1.72. The molecule has 0 unspecified atom stereocenters. The quantitative estimate of drug-likeness (QED) is 0.325. The Kier molecular flexibility index (Phi) is 5.02. The summed E-state index contributed by atoms with van der Waals surface area (Å²) < 4.78 is 5.40. The molecule has 16 heavy (non-hydrogen) atoms. The van der Waals surface area contributed by atoms with Gasteiger partial charge in [-0.25, -0.2) is 0 Å². The van der Waals surface area contributed by atoms with Gasteiger partial charge in [-0.05, 0) is 19.4 Å². The lowest BCUT2D eigenvalue weighted by molar-refractivity contribution is 0.140. The van der Waals surface area contributed by atoms with Crippen LogP contribution >= 0.6 is 0 Å². The second-order valence-corrected chi connectivity index (χ2v) is 4.93. The van der Waals surface area contributed by atoms with E-state index in [2.05, 4.69) is 10.1 Å². The topological polar surface area (TPSA) is 71.1 Å². The number of amidine groups is 1. The first-order chi connectivity index (χ1) is 7.56. The molecular formula is C11H23N3O2. The van der Waals surface area contributed by atoms with Crippen molar-refractivity contribution in [3.05, 3.63) is 0 Å². The van der Waals surface area contributed by atoms with Gasteiger partial charge in [-0.1, -0.05) is 19.0 Å². The van der Waals surface area contributed by atoms with Crippen LogP contribution in [0.2, 0.25) is 0 Å². The summed E-state index contributed by atoms with van der Waals surface area (Å²) in [4.78, 5) is 2.37. The van der Waals surface area contributed by atoms with Crippen LogP contribution in [0.15, 0.2) is 5.16 Å². The zero-order chi connectivity index (χ0) is 12.0. The Balaban J connectivity index is 2.37. The van der Waals surface area contributed by atoms with Crippen LogP contribution in [0.4, 0.5) is 0 Å². The van der Waals surface area contributed by atoms with Crippen LogP contribution in [0.1, 0.15) is 26.7 Å². The summed E-state index contributed by atoms with van der Waals surface area (Å²) in [6, 6.07) is 0. The maximum absolute atomic E-state index is 8.68. The molecule has 5 heteroatoms. The van der Waals surface area contributed by atoms with Crippen LogP contribution in [-0.4, -0.2) is 48.8 Å². The maximum Gasteiger partial charge on any atom is 0.144 e. The van der Waals surface area contributed by atoms with Gasteiger partial charge in [-0.2, -0.15) is 0 Å². The van der Waals surface area contributed by atoms with E-state index in [1.165, 1.54) is 0 Å². The number of oxime groups is 1. The van der Waals surface area contributed by atoms with E-state index in [1.54, 1.807) is 0 Å². The molecule has 0 radical (unpaired) electrons. The lowest BCUT2D eigenvalue weighted by Gasteiger charge is -2.27. The number of rotatable bonds is 4. The molecule has 0 saturated carbocycles. The van der Waals surface area contributed by atoms with Crippen molar-refractivity contribution in [2.45, 2.75) is 26.7 Å². The van der Waals surface area contributed by atoms with Crippen molar-refractivity contribution < 1.29 is 9.94 Å². The van der Waals surface area contributed by atoms with Crippen molar-refractivity contribution in [3.63, 3.8) is 0 Å². The highest BCUT2D eigenvalue weighted by atomic mass is 16.5. The molecule has 0 bridgehead atoms. The molecule has 0 atom stereocenters. The molecule has 1 aliphatic rings. The number of nitrogens with two attached hydrogens (primary N) is 1. The molecule has 1 aliphatic heterocycles. The van der Waals surface area contributed by atoms with E-state index >= 15 is 0 Å². The molecule has 0 aromatic rings. The van der Waals surface area contributed by atoms with Gasteiger partial charge in [0, 0.05) is 25.1 Å². The Morgan fingerprint density at radius 2 is 2.19 bits per heavy atom. The van der Waals surface area contributed by atoms with E-state index in [4.69, 9.17) is 15.7 Å². The lowest BCUT2D eigenvalue weighted by atomic mass is 9.88. The van der Waals surface area contributed by atoms with Gasteiger partial charge >= 0.3 is 0 Å². The van der Waals surface area contributed by atoms with Gasteiger partial charge in [0.25, 0.3) is 0 Å². The summed E-state index contributed by atoms with van der Waals surface area (Å²) in [5, 5.41) is 11.8. The molecule has 1 saturated heterocycles. The van der Waals surface area contributed by atoms with Gasteiger partial charge in [0.2, 0.25) is 0 Å². The summed E-state index contributed by atoms with van der Waals surface area (Å²) in [5.41, 5.74) is 5.41. The average Bonchev–Trinajstić information content (AvgIpc) is 2.53. The Bertz CT molecular complexity index is 233. The minimum absolute atomic E-state index is 0.248. The number of ether oxygens (including phenoxy) is 1. The number of nitrogens with zero attached hydrogens (tertiary/aromatic N) is 2. The van der Waals surface area contributed by atoms with E-state index in [0.29, 0.717) is 5.84 Å². The minimum atomic E-state index is -0.248. The largest absolute Gasteiger partial charge is 0.409 e. The van der Waals surface area contributed by atoms with Crippen LogP contribution < -0.4 is 5.73 Å². The smallest absolute Gasteiger partial charge is 0.144 e. The van der Waals surface area contributed by atoms with Gasteiger partial charge in [0.15, 0.2) is 0 Å². The Morgan fingerprint density at radius 3 is 2.88 bits per heavy atom. The average molecular weight is 229 g/mol. The highest BCUT2D eigenvalue weighted by Crippen LogP contribution is 2.21. The molecule has 0 aliphatic carbocycles. The predicted octanol–water partition coefficient (Wildman–Crippen LogP) is 0.871. The Hall–Kier alpha value is -0.810. The van der Waals surface area contributed by atoms with Crippen LogP contribution in [0, 0.1) is 5.41 Å². The molecule has 5 nitrogen and oxygen atoms in total. The fraction of sp³-hybridized carbons (Fsp3) is 0.909. The third-order valence-electron chi connectivity index (χ3n) is 3.17. The van der Waals surface area contributed by atoms with Crippen LogP contribution in [-0.2, 0) is 4.74 Å². The summed E-state index contributed by atoms with van der Waals surface area (Å²) in [6.45, 7) is 8.68. The third-order valence-corrected chi connectivity index (χ3v) is 3.17.